The molecular weight excluding hydrogens is 276 g/mol. The lowest BCUT2D eigenvalue weighted by atomic mass is 9.72. The molecule has 1 fully saturated rings. The van der Waals surface area contributed by atoms with Crippen molar-refractivity contribution in [3.8, 4) is 0 Å². The van der Waals surface area contributed by atoms with Gasteiger partial charge in [-0.25, -0.2) is 4.79 Å². The molecule has 0 heterocycles. The molecule has 0 aromatic heterocycles. The highest BCUT2D eigenvalue weighted by Gasteiger charge is 2.31. The maximum Gasteiger partial charge on any atom is 0.373 e. The molecule has 0 bridgehead atoms. The minimum absolute atomic E-state index is 0.0355. The maximum absolute atomic E-state index is 12.1. The smallest absolute Gasteiger partial charge is 0.293 e. The molecule has 1 aromatic carbocycles. The Morgan fingerprint density at radius 2 is 1.73 bits per heavy atom. The zero-order valence-corrected chi connectivity index (χ0v) is 14.4. The van der Waals surface area contributed by atoms with Crippen molar-refractivity contribution in [3.05, 3.63) is 34.9 Å². The number of rotatable bonds is 3. The first-order valence-corrected chi connectivity index (χ1v) is 8.22. The molecule has 0 unspecified atom stereocenters. The number of carbonyl (C=O) groups excluding carboxylic acids is 1. The third kappa shape index (κ3) is 4.33. The molecular formula is C19H28O3. The first-order chi connectivity index (χ1) is 10.3. The van der Waals surface area contributed by atoms with E-state index in [-0.39, 0.29) is 6.10 Å². The van der Waals surface area contributed by atoms with Gasteiger partial charge in [0, 0.05) is 0 Å². The number of hydrogen-bond donors (Lipinski definition) is 0. The molecule has 1 aromatic rings. The molecule has 22 heavy (non-hydrogen) atoms. The van der Waals surface area contributed by atoms with Crippen LogP contribution in [0.15, 0.2) is 18.2 Å². The lowest BCUT2D eigenvalue weighted by molar-refractivity contribution is -0.281. The zero-order valence-electron chi connectivity index (χ0n) is 14.4. The SMILES string of the molecule is Cc1ccc(C(=O)OOC2CCC(C(C)(C)C)CC2)c(C)c1. The third-order valence-corrected chi connectivity index (χ3v) is 4.76. The van der Waals surface area contributed by atoms with Gasteiger partial charge in [0.05, 0.1) is 5.56 Å². The van der Waals surface area contributed by atoms with E-state index in [4.69, 9.17) is 9.78 Å². The summed E-state index contributed by atoms with van der Waals surface area (Å²) in [5.41, 5.74) is 2.98. The van der Waals surface area contributed by atoms with Crippen LogP contribution >= 0.6 is 0 Å². The first-order valence-electron chi connectivity index (χ1n) is 8.22. The van der Waals surface area contributed by atoms with E-state index in [9.17, 15) is 4.79 Å². The fourth-order valence-corrected chi connectivity index (χ4v) is 3.22. The molecule has 0 amide bonds. The number of hydrogen-bond acceptors (Lipinski definition) is 3. The molecule has 0 N–H and O–H groups in total. The topological polar surface area (TPSA) is 35.5 Å². The van der Waals surface area contributed by atoms with Crippen LogP contribution in [-0.2, 0) is 9.78 Å². The quantitative estimate of drug-likeness (QED) is 0.582. The lowest BCUT2D eigenvalue weighted by Crippen LogP contribution is -2.29. The molecule has 0 saturated heterocycles. The van der Waals surface area contributed by atoms with Crippen LogP contribution in [0, 0.1) is 25.2 Å². The molecule has 3 nitrogen and oxygen atoms in total. The molecule has 2 rings (SSSR count). The summed E-state index contributed by atoms with van der Waals surface area (Å²) in [5, 5.41) is 0. The van der Waals surface area contributed by atoms with Crippen molar-refractivity contribution >= 4 is 5.97 Å². The van der Waals surface area contributed by atoms with Gasteiger partial charge in [0.15, 0.2) is 0 Å². The van der Waals surface area contributed by atoms with Crippen molar-refractivity contribution in [1.82, 2.24) is 0 Å². The van der Waals surface area contributed by atoms with E-state index in [0.717, 1.165) is 42.7 Å². The van der Waals surface area contributed by atoms with E-state index in [0.29, 0.717) is 11.0 Å². The summed E-state index contributed by atoms with van der Waals surface area (Å²) in [7, 11) is 0. The Morgan fingerprint density at radius 1 is 1.09 bits per heavy atom. The van der Waals surface area contributed by atoms with Crippen LogP contribution in [0.2, 0.25) is 0 Å². The predicted octanol–water partition coefficient (Wildman–Crippen LogP) is 5.00. The van der Waals surface area contributed by atoms with Gasteiger partial charge in [-0.3, -0.25) is 4.89 Å². The van der Waals surface area contributed by atoms with Crippen LogP contribution in [0.25, 0.3) is 0 Å². The summed E-state index contributed by atoms with van der Waals surface area (Å²) in [6.45, 7) is 10.8. The van der Waals surface area contributed by atoms with E-state index in [1.807, 2.05) is 26.0 Å². The molecule has 0 radical (unpaired) electrons. The van der Waals surface area contributed by atoms with Gasteiger partial charge in [-0.15, -0.1) is 0 Å². The molecule has 0 spiro atoms. The van der Waals surface area contributed by atoms with Crippen molar-refractivity contribution in [2.24, 2.45) is 11.3 Å². The van der Waals surface area contributed by atoms with E-state index in [2.05, 4.69) is 20.8 Å². The van der Waals surface area contributed by atoms with Gasteiger partial charge < -0.3 is 0 Å². The molecule has 1 aliphatic carbocycles. The Balaban J connectivity index is 1.83. The molecule has 3 heteroatoms. The zero-order chi connectivity index (χ0) is 16.3. The predicted molar refractivity (Wildman–Crippen MR) is 87.6 cm³/mol. The van der Waals surface area contributed by atoms with Gasteiger partial charge in [-0.2, -0.15) is 4.89 Å². The summed E-state index contributed by atoms with van der Waals surface area (Å²) in [6.07, 6.45) is 4.22. The second-order valence-corrected chi connectivity index (χ2v) is 7.63. The van der Waals surface area contributed by atoms with Crippen LogP contribution < -0.4 is 0 Å². The van der Waals surface area contributed by atoms with Crippen molar-refractivity contribution in [3.63, 3.8) is 0 Å². The van der Waals surface area contributed by atoms with Crippen LogP contribution in [0.1, 0.15) is 67.9 Å². The highest BCUT2D eigenvalue weighted by atomic mass is 17.2. The van der Waals surface area contributed by atoms with Crippen LogP contribution in [0.4, 0.5) is 0 Å². The average molecular weight is 304 g/mol. The van der Waals surface area contributed by atoms with Crippen molar-refractivity contribution in [1.29, 1.82) is 0 Å². The van der Waals surface area contributed by atoms with E-state index < -0.39 is 5.97 Å². The second kappa shape index (κ2) is 6.82. The van der Waals surface area contributed by atoms with Gasteiger partial charge >= 0.3 is 5.97 Å². The summed E-state index contributed by atoms with van der Waals surface area (Å²) in [4.78, 5) is 22.6. The molecule has 0 atom stereocenters. The molecule has 0 aliphatic heterocycles. The Morgan fingerprint density at radius 3 is 2.27 bits per heavy atom. The van der Waals surface area contributed by atoms with Crippen LogP contribution in [-0.4, -0.2) is 12.1 Å². The highest BCUT2D eigenvalue weighted by molar-refractivity contribution is 5.90. The average Bonchev–Trinajstić information content (AvgIpc) is 2.44. The van der Waals surface area contributed by atoms with Gasteiger partial charge in [0.2, 0.25) is 0 Å². The number of benzene rings is 1. The van der Waals surface area contributed by atoms with Crippen LogP contribution in [0.3, 0.4) is 0 Å². The Bertz CT molecular complexity index is 520. The summed E-state index contributed by atoms with van der Waals surface area (Å²) >= 11 is 0. The molecule has 1 saturated carbocycles. The van der Waals surface area contributed by atoms with E-state index in [1.54, 1.807) is 6.07 Å². The summed E-state index contributed by atoms with van der Waals surface area (Å²) in [6, 6.07) is 5.69. The van der Waals surface area contributed by atoms with Gasteiger partial charge in [-0.05, 0) is 62.5 Å². The van der Waals surface area contributed by atoms with Crippen LogP contribution in [0.5, 0.6) is 0 Å². The lowest BCUT2D eigenvalue weighted by Gasteiger charge is -2.36. The van der Waals surface area contributed by atoms with Gasteiger partial charge in [0.25, 0.3) is 0 Å². The highest BCUT2D eigenvalue weighted by Crippen LogP contribution is 2.38. The third-order valence-electron chi connectivity index (χ3n) is 4.76. The molecule has 122 valence electrons. The first kappa shape index (κ1) is 17.0. The second-order valence-electron chi connectivity index (χ2n) is 7.63. The largest absolute Gasteiger partial charge is 0.373 e. The van der Waals surface area contributed by atoms with Crippen molar-refractivity contribution in [2.45, 2.75) is 66.4 Å². The van der Waals surface area contributed by atoms with Crippen molar-refractivity contribution < 1.29 is 14.6 Å². The standard InChI is InChI=1S/C19H28O3/c1-13-6-11-17(14(2)12-13)18(20)22-21-16-9-7-15(8-10-16)19(3,4)5/h6,11-12,15-16H,7-10H2,1-5H3. The molecule has 1 aliphatic rings. The van der Waals surface area contributed by atoms with E-state index in [1.165, 1.54) is 0 Å². The monoisotopic (exact) mass is 304 g/mol. The minimum atomic E-state index is -0.393. The normalized spacial score (nSPS) is 22.4. The number of carbonyl (C=O) groups is 1. The Hall–Kier alpha value is -1.35. The Labute approximate surface area is 133 Å². The Kier molecular flexibility index (Phi) is 5.28. The maximum atomic E-state index is 12.1. The number of aryl methyl sites for hydroxylation is 2. The van der Waals surface area contributed by atoms with Gasteiger partial charge in [0.1, 0.15) is 6.10 Å². The summed E-state index contributed by atoms with van der Waals surface area (Å²) < 4.78 is 0. The van der Waals surface area contributed by atoms with Gasteiger partial charge in [-0.1, -0.05) is 38.5 Å². The van der Waals surface area contributed by atoms with E-state index >= 15 is 0 Å². The fourth-order valence-electron chi connectivity index (χ4n) is 3.22. The summed E-state index contributed by atoms with van der Waals surface area (Å²) in [5.74, 6) is 0.331. The van der Waals surface area contributed by atoms with Crippen molar-refractivity contribution in [2.75, 3.05) is 0 Å². The minimum Gasteiger partial charge on any atom is -0.293 e. The fraction of sp³-hybridized carbons (Fsp3) is 0.632.